The molecule has 126 valence electrons. The van der Waals surface area contributed by atoms with Crippen molar-refractivity contribution in [2.75, 3.05) is 30.8 Å². The van der Waals surface area contributed by atoms with Crippen LogP contribution in [-0.4, -0.2) is 26.0 Å². The molecule has 4 nitrogen and oxygen atoms in total. The van der Waals surface area contributed by atoms with Gasteiger partial charge in [0, 0.05) is 6.54 Å². The highest BCUT2D eigenvalue weighted by atomic mass is 35.5. The maximum Gasteiger partial charge on any atom is 0.416 e. The van der Waals surface area contributed by atoms with E-state index in [4.69, 9.17) is 0 Å². The van der Waals surface area contributed by atoms with Crippen molar-refractivity contribution in [3.8, 4) is 0 Å². The fourth-order valence-corrected chi connectivity index (χ4v) is 1.73. The Hall–Kier alpha value is -1.47. The highest BCUT2D eigenvalue weighted by molar-refractivity contribution is 5.95. The standard InChI is InChI=1S/C14H20F3N3O.ClH/c1-3-4-7-19-11-6-5-10(14(15,16)17)8-12(11)20-13(21)9-18-2;/h5-6,8,18-19H,3-4,7,9H2,1-2H3,(H,20,21);1H. The molecule has 1 aromatic carbocycles. The summed E-state index contributed by atoms with van der Waals surface area (Å²) < 4.78 is 38.2. The summed E-state index contributed by atoms with van der Waals surface area (Å²) >= 11 is 0. The molecule has 0 heterocycles. The molecule has 0 aliphatic rings. The van der Waals surface area contributed by atoms with Crippen molar-refractivity contribution in [1.82, 2.24) is 5.32 Å². The molecule has 3 N–H and O–H groups in total. The van der Waals surface area contributed by atoms with Gasteiger partial charge in [-0.3, -0.25) is 4.79 Å². The van der Waals surface area contributed by atoms with Crippen molar-refractivity contribution in [3.63, 3.8) is 0 Å². The van der Waals surface area contributed by atoms with E-state index >= 15 is 0 Å². The summed E-state index contributed by atoms with van der Waals surface area (Å²) in [7, 11) is 1.59. The van der Waals surface area contributed by atoms with E-state index in [1.165, 1.54) is 6.07 Å². The number of carbonyl (C=O) groups is 1. The summed E-state index contributed by atoms with van der Waals surface area (Å²) in [5.74, 6) is -0.393. The van der Waals surface area contributed by atoms with Gasteiger partial charge in [-0.1, -0.05) is 13.3 Å². The fraction of sp³-hybridized carbons (Fsp3) is 0.500. The van der Waals surface area contributed by atoms with Crippen LogP contribution in [0.2, 0.25) is 0 Å². The molecular formula is C14H21ClF3N3O. The number of unbranched alkanes of at least 4 members (excludes halogenated alkanes) is 1. The number of nitrogens with one attached hydrogen (secondary N) is 3. The van der Waals surface area contributed by atoms with Gasteiger partial charge in [-0.15, -0.1) is 12.4 Å². The largest absolute Gasteiger partial charge is 0.416 e. The normalized spacial score (nSPS) is 10.8. The van der Waals surface area contributed by atoms with Gasteiger partial charge in [0.1, 0.15) is 0 Å². The van der Waals surface area contributed by atoms with Gasteiger partial charge in [-0.05, 0) is 31.7 Å². The second kappa shape index (κ2) is 9.53. The van der Waals surface area contributed by atoms with E-state index in [1.807, 2.05) is 6.92 Å². The minimum atomic E-state index is -4.44. The molecule has 0 fully saturated rings. The van der Waals surface area contributed by atoms with E-state index < -0.39 is 17.6 Å². The lowest BCUT2D eigenvalue weighted by molar-refractivity contribution is -0.137. The number of anilines is 2. The second-order valence-corrected chi connectivity index (χ2v) is 4.62. The Morgan fingerprint density at radius 3 is 2.45 bits per heavy atom. The van der Waals surface area contributed by atoms with Crippen molar-refractivity contribution >= 4 is 29.7 Å². The van der Waals surface area contributed by atoms with Gasteiger partial charge in [-0.25, -0.2) is 0 Å². The molecule has 0 saturated heterocycles. The number of carbonyl (C=O) groups excluding carboxylic acids is 1. The molecule has 0 aliphatic heterocycles. The maximum atomic E-state index is 12.7. The first kappa shape index (κ1) is 20.5. The van der Waals surface area contributed by atoms with Gasteiger partial charge in [0.05, 0.1) is 23.5 Å². The molecular weight excluding hydrogens is 319 g/mol. The summed E-state index contributed by atoms with van der Waals surface area (Å²) in [6, 6.07) is 3.29. The predicted octanol–water partition coefficient (Wildman–Crippen LogP) is 3.50. The zero-order valence-corrected chi connectivity index (χ0v) is 13.3. The minimum absolute atomic E-state index is 0. The zero-order chi connectivity index (χ0) is 15.9. The summed E-state index contributed by atoms with van der Waals surface area (Å²) in [4.78, 5) is 11.6. The average molecular weight is 340 g/mol. The number of benzene rings is 1. The lowest BCUT2D eigenvalue weighted by atomic mass is 10.1. The van der Waals surface area contributed by atoms with Crippen LogP contribution in [0.4, 0.5) is 24.5 Å². The topological polar surface area (TPSA) is 53.2 Å². The van der Waals surface area contributed by atoms with Crippen LogP contribution in [0.1, 0.15) is 25.3 Å². The van der Waals surface area contributed by atoms with Crippen LogP contribution in [0, 0.1) is 0 Å². The molecule has 0 spiro atoms. The van der Waals surface area contributed by atoms with E-state index in [0.717, 1.165) is 25.0 Å². The first-order chi connectivity index (χ1) is 9.88. The number of likely N-dealkylation sites (N-methyl/N-ethyl adjacent to an activating group) is 1. The van der Waals surface area contributed by atoms with Crippen LogP contribution in [0.5, 0.6) is 0 Å². The molecule has 0 saturated carbocycles. The van der Waals surface area contributed by atoms with Crippen molar-refractivity contribution in [3.05, 3.63) is 23.8 Å². The number of rotatable bonds is 7. The van der Waals surface area contributed by atoms with Gasteiger partial charge >= 0.3 is 6.18 Å². The third-order valence-electron chi connectivity index (χ3n) is 2.80. The third-order valence-corrected chi connectivity index (χ3v) is 2.80. The van der Waals surface area contributed by atoms with E-state index in [9.17, 15) is 18.0 Å². The van der Waals surface area contributed by atoms with Crippen molar-refractivity contribution in [2.45, 2.75) is 25.9 Å². The van der Waals surface area contributed by atoms with Crippen LogP contribution in [0.25, 0.3) is 0 Å². The Morgan fingerprint density at radius 2 is 1.91 bits per heavy atom. The Morgan fingerprint density at radius 1 is 1.23 bits per heavy atom. The third kappa shape index (κ3) is 6.53. The van der Waals surface area contributed by atoms with Crippen LogP contribution < -0.4 is 16.0 Å². The lowest BCUT2D eigenvalue weighted by Crippen LogP contribution is -2.25. The van der Waals surface area contributed by atoms with E-state index in [1.54, 1.807) is 7.05 Å². The predicted molar refractivity (Wildman–Crippen MR) is 84.6 cm³/mol. The maximum absolute atomic E-state index is 12.7. The first-order valence-electron chi connectivity index (χ1n) is 6.78. The number of hydrogen-bond acceptors (Lipinski definition) is 3. The second-order valence-electron chi connectivity index (χ2n) is 4.62. The van der Waals surface area contributed by atoms with Crippen molar-refractivity contribution < 1.29 is 18.0 Å². The van der Waals surface area contributed by atoms with Crippen LogP contribution in [0.3, 0.4) is 0 Å². The summed E-state index contributed by atoms with van der Waals surface area (Å²) in [6.07, 6.45) is -2.58. The molecule has 0 unspecified atom stereocenters. The molecule has 0 aliphatic carbocycles. The number of amides is 1. The molecule has 0 atom stereocenters. The molecule has 1 aromatic rings. The molecule has 0 bridgehead atoms. The highest BCUT2D eigenvalue weighted by Crippen LogP contribution is 2.34. The molecule has 0 aromatic heterocycles. The first-order valence-corrected chi connectivity index (χ1v) is 6.78. The van der Waals surface area contributed by atoms with Crippen LogP contribution in [-0.2, 0) is 11.0 Å². The number of halogens is 4. The lowest BCUT2D eigenvalue weighted by Gasteiger charge is -2.16. The van der Waals surface area contributed by atoms with Gasteiger partial charge in [0.15, 0.2) is 0 Å². The number of hydrogen-bond donors (Lipinski definition) is 3. The molecule has 8 heteroatoms. The smallest absolute Gasteiger partial charge is 0.383 e. The van der Waals surface area contributed by atoms with Gasteiger partial charge in [0.2, 0.25) is 5.91 Å². The van der Waals surface area contributed by atoms with Crippen molar-refractivity contribution in [2.24, 2.45) is 0 Å². The monoisotopic (exact) mass is 339 g/mol. The molecule has 0 radical (unpaired) electrons. The van der Waals surface area contributed by atoms with Crippen LogP contribution in [0.15, 0.2) is 18.2 Å². The molecule has 1 amide bonds. The van der Waals surface area contributed by atoms with E-state index in [2.05, 4.69) is 16.0 Å². The zero-order valence-electron chi connectivity index (χ0n) is 12.5. The Kier molecular flexibility index (Phi) is 8.89. The fourth-order valence-electron chi connectivity index (χ4n) is 1.73. The summed E-state index contributed by atoms with van der Waals surface area (Å²) in [5.41, 5.74) is -0.162. The molecule has 1 rings (SSSR count). The Labute approximate surface area is 134 Å². The van der Waals surface area contributed by atoms with Crippen molar-refractivity contribution in [1.29, 1.82) is 0 Å². The molecule has 22 heavy (non-hydrogen) atoms. The van der Waals surface area contributed by atoms with Crippen LogP contribution >= 0.6 is 12.4 Å². The highest BCUT2D eigenvalue weighted by Gasteiger charge is 2.31. The Bertz CT molecular complexity index is 481. The van der Waals surface area contributed by atoms with Gasteiger partial charge in [0.25, 0.3) is 0 Å². The minimum Gasteiger partial charge on any atom is -0.383 e. The van der Waals surface area contributed by atoms with Gasteiger partial charge < -0.3 is 16.0 Å². The summed E-state index contributed by atoms with van der Waals surface area (Å²) in [5, 5.41) is 8.17. The average Bonchev–Trinajstić information content (AvgIpc) is 2.39. The van der Waals surface area contributed by atoms with E-state index in [-0.39, 0.29) is 24.6 Å². The number of alkyl halides is 3. The quantitative estimate of drug-likeness (QED) is 0.666. The Balaban J connectivity index is 0.00000441. The SMILES string of the molecule is CCCCNc1ccc(C(F)(F)F)cc1NC(=O)CNC.Cl. The van der Waals surface area contributed by atoms with Gasteiger partial charge in [-0.2, -0.15) is 13.2 Å². The summed E-state index contributed by atoms with van der Waals surface area (Å²) in [6.45, 7) is 2.69. The van der Waals surface area contributed by atoms with E-state index in [0.29, 0.717) is 12.2 Å².